The van der Waals surface area contributed by atoms with Crippen molar-refractivity contribution >= 4 is 6.09 Å². The smallest absolute Gasteiger partial charge is 0.407 e. The van der Waals surface area contributed by atoms with E-state index in [2.05, 4.69) is 22.8 Å². The highest BCUT2D eigenvalue weighted by Crippen LogP contribution is 2.30. The van der Waals surface area contributed by atoms with Crippen LogP contribution in [-0.2, 0) is 4.74 Å². The first kappa shape index (κ1) is 18.3. The molecule has 3 N–H and O–H groups in total. The van der Waals surface area contributed by atoms with Crippen LogP contribution in [0.4, 0.5) is 4.79 Å². The van der Waals surface area contributed by atoms with Crippen LogP contribution in [0.25, 0.3) is 0 Å². The number of ether oxygens (including phenoxy) is 1. The Bertz CT molecular complexity index is 413. The summed E-state index contributed by atoms with van der Waals surface area (Å²) in [5.41, 5.74) is -0.471. The van der Waals surface area contributed by atoms with Gasteiger partial charge in [0.15, 0.2) is 0 Å². The van der Waals surface area contributed by atoms with E-state index in [0.29, 0.717) is 0 Å². The molecule has 0 aromatic heterocycles. The second-order valence-electron chi connectivity index (χ2n) is 7.95. The normalized spacial score (nSPS) is 25.9. The Kier molecular flexibility index (Phi) is 6.48. The molecule has 0 spiro atoms. The largest absolute Gasteiger partial charge is 0.444 e. The summed E-state index contributed by atoms with van der Waals surface area (Å²) in [4.78, 5) is 12.0. The predicted octanol–water partition coefficient (Wildman–Crippen LogP) is 2.60. The van der Waals surface area contributed by atoms with Crippen LogP contribution in [0.5, 0.6) is 0 Å². The van der Waals surface area contributed by atoms with E-state index in [1.807, 2.05) is 20.8 Å². The van der Waals surface area contributed by atoms with E-state index in [1.165, 1.54) is 19.3 Å². The van der Waals surface area contributed by atoms with Crippen LogP contribution in [0.3, 0.4) is 0 Å². The molecule has 0 aromatic carbocycles. The lowest BCUT2D eigenvalue weighted by atomic mass is 9.81. The van der Waals surface area contributed by atoms with E-state index in [9.17, 15) is 9.90 Å². The second kappa shape index (κ2) is 8.15. The van der Waals surface area contributed by atoms with Crippen LogP contribution in [0.1, 0.15) is 52.9 Å². The summed E-state index contributed by atoms with van der Waals surface area (Å²) in [7, 11) is 0. The first-order chi connectivity index (χ1) is 10.9. The summed E-state index contributed by atoms with van der Waals surface area (Å²) < 4.78 is 5.38. The van der Waals surface area contributed by atoms with E-state index in [4.69, 9.17) is 4.74 Å². The van der Waals surface area contributed by atoms with Crippen molar-refractivity contribution in [2.45, 2.75) is 70.6 Å². The van der Waals surface area contributed by atoms with Gasteiger partial charge in [0.2, 0.25) is 0 Å². The molecule has 0 radical (unpaired) electrons. The Labute approximate surface area is 139 Å². The molecular formula is C18H32N2O3. The van der Waals surface area contributed by atoms with Crippen molar-refractivity contribution in [3.63, 3.8) is 0 Å². The number of carbonyl (C=O) groups is 1. The zero-order valence-electron chi connectivity index (χ0n) is 14.7. The summed E-state index contributed by atoms with van der Waals surface area (Å²) in [6, 6.07) is 0.383. The van der Waals surface area contributed by atoms with Gasteiger partial charge in [-0.1, -0.05) is 31.4 Å². The fraction of sp³-hybridized carbons (Fsp3) is 0.833. The summed E-state index contributed by atoms with van der Waals surface area (Å²) in [5, 5.41) is 15.7. The van der Waals surface area contributed by atoms with Crippen molar-refractivity contribution in [1.82, 2.24) is 10.6 Å². The van der Waals surface area contributed by atoms with Crippen molar-refractivity contribution in [1.29, 1.82) is 0 Å². The highest BCUT2D eigenvalue weighted by atomic mass is 16.6. The fourth-order valence-electron chi connectivity index (χ4n) is 3.15. The number of rotatable bonds is 7. The number of hydrogen-bond donors (Lipinski definition) is 3. The molecule has 2 aliphatic rings. The van der Waals surface area contributed by atoms with Crippen molar-refractivity contribution in [2.24, 2.45) is 11.8 Å². The molecule has 2 aliphatic carbocycles. The minimum Gasteiger partial charge on any atom is -0.444 e. The number of aliphatic hydroxyl groups is 1. The zero-order valence-corrected chi connectivity index (χ0v) is 14.7. The third-order valence-corrected chi connectivity index (χ3v) is 4.60. The van der Waals surface area contributed by atoms with Crippen LogP contribution in [0.2, 0.25) is 0 Å². The summed E-state index contributed by atoms with van der Waals surface area (Å²) in [6.45, 7) is 6.58. The van der Waals surface area contributed by atoms with Gasteiger partial charge < -0.3 is 20.5 Å². The van der Waals surface area contributed by atoms with Gasteiger partial charge in [0.1, 0.15) is 5.60 Å². The van der Waals surface area contributed by atoms with E-state index in [-0.39, 0.29) is 30.7 Å². The average Bonchev–Trinajstić information content (AvgIpc) is 2.85. The van der Waals surface area contributed by atoms with Crippen LogP contribution in [0.15, 0.2) is 12.2 Å². The first-order valence-electron chi connectivity index (χ1n) is 8.88. The Morgan fingerprint density at radius 2 is 2.09 bits per heavy atom. The van der Waals surface area contributed by atoms with Crippen LogP contribution in [-0.4, -0.2) is 42.0 Å². The summed E-state index contributed by atoms with van der Waals surface area (Å²) >= 11 is 0. The summed E-state index contributed by atoms with van der Waals surface area (Å²) in [5.74, 6) is 0.984. The summed E-state index contributed by atoms with van der Waals surface area (Å²) in [6.07, 6.45) is 9.63. The van der Waals surface area contributed by atoms with Gasteiger partial charge in [0.05, 0.1) is 0 Å². The Morgan fingerprint density at radius 1 is 1.35 bits per heavy atom. The van der Waals surface area contributed by atoms with Gasteiger partial charge in [0, 0.05) is 31.2 Å². The van der Waals surface area contributed by atoms with Gasteiger partial charge in [-0.25, -0.2) is 4.79 Å². The van der Waals surface area contributed by atoms with Gasteiger partial charge in [-0.3, -0.25) is 0 Å². The van der Waals surface area contributed by atoms with Crippen molar-refractivity contribution in [2.75, 3.05) is 13.2 Å². The molecule has 0 aromatic rings. The molecule has 5 nitrogen and oxygen atoms in total. The standard InChI is InChI=1S/C18H32N2O3/c1-18(2,3)23-17(22)20-16(9-13-5-4-6-13)11-19-15-8-7-14(10-15)12-21/h7-8,13-16,19,21H,4-6,9-12H2,1-3H3,(H,20,22)/t14-,15+,16?/m0/s1. The fourth-order valence-corrected chi connectivity index (χ4v) is 3.15. The molecule has 5 heteroatoms. The van der Waals surface area contributed by atoms with Crippen molar-refractivity contribution in [3.05, 3.63) is 12.2 Å². The maximum absolute atomic E-state index is 12.0. The number of aliphatic hydroxyl groups excluding tert-OH is 1. The molecule has 0 heterocycles. The first-order valence-corrected chi connectivity index (χ1v) is 8.88. The molecule has 1 fully saturated rings. The van der Waals surface area contributed by atoms with Crippen molar-refractivity contribution in [3.8, 4) is 0 Å². The van der Waals surface area contributed by atoms with Crippen LogP contribution in [0, 0.1) is 11.8 Å². The van der Waals surface area contributed by atoms with E-state index < -0.39 is 5.60 Å². The van der Waals surface area contributed by atoms with E-state index >= 15 is 0 Å². The zero-order chi connectivity index (χ0) is 16.9. The minimum atomic E-state index is -0.471. The van der Waals surface area contributed by atoms with Crippen LogP contribution < -0.4 is 10.6 Å². The predicted molar refractivity (Wildman–Crippen MR) is 91.2 cm³/mol. The third-order valence-electron chi connectivity index (χ3n) is 4.60. The van der Waals surface area contributed by atoms with E-state index in [1.54, 1.807) is 0 Å². The molecule has 23 heavy (non-hydrogen) atoms. The second-order valence-corrected chi connectivity index (χ2v) is 7.95. The lowest BCUT2D eigenvalue weighted by Crippen LogP contribution is -2.47. The van der Waals surface area contributed by atoms with Gasteiger partial charge in [-0.05, 0) is 39.5 Å². The van der Waals surface area contributed by atoms with Gasteiger partial charge in [0.25, 0.3) is 0 Å². The monoisotopic (exact) mass is 324 g/mol. The molecule has 1 saturated carbocycles. The Balaban J connectivity index is 1.79. The molecule has 132 valence electrons. The molecule has 1 amide bonds. The molecule has 0 bridgehead atoms. The Hall–Kier alpha value is -1.07. The number of carbonyl (C=O) groups excluding carboxylic acids is 1. The molecule has 2 rings (SSSR count). The van der Waals surface area contributed by atoms with Crippen LogP contribution >= 0.6 is 0 Å². The number of amides is 1. The quantitative estimate of drug-likeness (QED) is 0.630. The topological polar surface area (TPSA) is 70.6 Å². The van der Waals surface area contributed by atoms with Gasteiger partial charge >= 0.3 is 6.09 Å². The molecule has 3 atom stereocenters. The highest BCUT2D eigenvalue weighted by Gasteiger charge is 2.26. The molecule has 0 aliphatic heterocycles. The maximum atomic E-state index is 12.0. The molecule has 1 unspecified atom stereocenters. The number of nitrogens with one attached hydrogen (secondary N) is 2. The minimum absolute atomic E-state index is 0.0942. The Morgan fingerprint density at radius 3 is 2.61 bits per heavy atom. The van der Waals surface area contributed by atoms with Gasteiger partial charge in [-0.2, -0.15) is 0 Å². The van der Waals surface area contributed by atoms with Gasteiger partial charge in [-0.15, -0.1) is 0 Å². The third kappa shape index (κ3) is 6.51. The molecular weight excluding hydrogens is 292 g/mol. The average molecular weight is 324 g/mol. The maximum Gasteiger partial charge on any atom is 0.407 e. The highest BCUT2D eigenvalue weighted by molar-refractivity contribution is 5.68. The number of hydrogen-bond acceptors (Lipinski definition) is 4. The lowest BCUT2D eigenvalue weighted by molar-refractivity contribution is 0.0491. The molecule has 0 saturated heterocycles. The SMILES string of the molecule is CC(C)(C)OC(=O)NC(CN[C@@H]1C=C[C@H](CO)C1)CC1CCC1. The lowest BCUT2D eigenvalue weighted by Gasteiger charge is -2.31. The number of alkyl carbamates (subject to hydrolysis) is 1. The van der Waals surface area contributed by atoms with Crippen molar-refractivity contribution < 1.29 is 14.6 Å². The van der Waals surface area contributed by atoms with E-state index in [0.717, 1.165) is 25.3 Å².